The highest BCUT2D eigenvalue weighted by Gasteiger charge is 2.44. The van der Waals surface area contributed by atoms with Crippen LogP contribution < -0.4 is 10.1 Å². The van der Waals surface area contributed by atoms with E-state index in [1.807, 2.05) is 30.3 Å². The number of nitrogens with one attached hydrogen (secondary N) is 1. The van der Waals surface area contributed by atoms with Gasteiger partial charge in [-0.15, -0.1) is 0 Å². The molecule has 1 heterocycles. The highest BCUT2D eigenvalue weighted by molar-refractivity contribution is 6.65. The summed E-state index contributed by atoms with van der Waals surface area (Å²) >= 11 is 5.94. The molecular weight excluding hydrogens is 448 g/mol. The average Bonchev–Trinajstić information content (AvgIpc) is 2.86. The molecule has 1 saturated heterocycles. The number of hydrogen-bond acceptors (Lipinski definition) is 6. The average molecular weight is 475 g/mol. The Bertz CT molecular complexity index is 974. The van der Waals surface area contributed by atoms with E-state index in [1.54, 1.807) is 31.4 Å². The lowest BCUT2D eigenvalue weighted by atomic mass is 9.73. The molecule has 1 unspecified atom stereocenters. The third-order valence-electron chi connectivity index (χ3n) is 6.08. The van der Waals surface area contributed by atoms with E-state index in [0.29, 0.717) is 5.75 Å². The van der Waals surface area contributed by atoms with Crippen molar-refractivity contribution in [2.24, 2.45) is 0 Å². The molecule has 9 heteroatoms. The number of piperidine rings is 1. The second kappa shape index (κ2) is 10.8. The number of ether oxygens (including phenoxy) is 1. The molecule has 1 aliphatic heterocycles. The Labute approximate surface area is 197 Å². The minimum absolute atomic E-state index is 0.113. The fourth-order valence-corrected chi connectivity index (χ4v) is 4.27. The Balaban J connectivity index is 1.57. The number of amides is 2. The molecule has 0 bridgehead atoms. The van der Waals surface area contributed by atoms with E-state index in [1.165, 1.54) is 4.90 Å². The van der Waals surface area contributed by atoms with E-state index in [0.717, 1.165) is 11.1 Å². The van der Waals surface area contributed by atoms with Crippen LogP contribution in [-0.4, -0.2) is 64.6 Å². The zero-order chi connectivity index (χ0) is 24.0. The number of hydrogen-bond donors (Lipinski definition) is 3. The summed E-state index contributed by atoms with van der Waals surface area (Å²) in [7, 11) is 1.54. The first kappa shape index (κ1) is 24.7. The summed E-state index contributed by atoms with van der Waals surface area (Å²) in [6.07, 6.45) is -3.29. The van der Waals surface area contributed by atoms with Crippen molar-refractivity contribution >= 4 is 28.7 Å². The standard InChI is InChI=1S/C24H27ClN2O6/c1-33-18-9-7-16(8-10-18)15-26-21(30)19(28)20(29)22(31)27-13-11-24(12-14-27,23(25)32)17-5-3-2-4-6-17/h2-10,19-20,28-29H,11-15H2,1H3,(H,26,30)/t19?,20-/m1/s1. The van der Waals surface area contributed by atoms with E-state index in [2.05, 4.69) is 5.32 Å². The minimum Gasteiger partial charge on any atom is -0.497 e. The van der Waals surface area contributed by atoms with Gasteiger partial charge in [-0.2, -0.15) is 0 Å². The Hall–Kier alpha value is -2.94. The van der Waals surface area contributed by atoms with Gasteiger partial charge in [0.05, 0.1) is 12.5 Å². The van der Waals surface area contributed by atoms with Gasteiger partial charge >= 0.3 is 0 Å². The molecule has 2 amide bonds. The van der Waals surface area contributed by atoms with Crippen molar-refractivity contribution in [1.82, 2.24) is 10.2 Å². The summed E-state index contributed by atoms with van der Waals surface area (Å²) in [6.45, 7) is 0.425. The molecule has 3 rings (SSSR count). The lowest BCUT2D eigenvalue weighted by Crippen LogP contribution is -2.54. The van der Waals surface area contributed by atoms with Crippen LogP contribution in [0.4, 0.5) is 0 Å². The Morgan fingerprint density at radius 1 is 1.03 bits per heavy atom. The first-order valence-corrected chi connectivity index (χ1v) is 11.0. The smallest absolute Gasteiger partial charge is 0.254 e. The maximum atomic E-state index is 12.7. The number of aliphatic hydroxyl groups excluding tert-OH is 2. The van der Waals surface area contributed by atoms with Gasteiger partial charge in [-0.05, 0) is 47.7 Å². The second-order valence-corrected chi connectivity index (χ2v) is 8.35. The van der Waals surface area contributed by atoms with Crippen molar-refractivity contribution < 1.29 is 29.3 Å². The van der Waals surface area contributed by atoms with Crippen molar-refractivity contribution in [1.29, 1.82) is 0 Å². The van der Waals surface area contributed by atoms with Crippen LogP contribution in [0.15, 0.2) is 54.6 Å². The van der Waals surface area contributed by atoms with Gasteiger partial charge < -0.3 is 25.2 Å². The van der Waals surface area contributed by atoms with Crippen molar-refractivity contribution in [3.05, 3.63) is 65.7 Å². The lowest BCUT2D eigenvalue weighted by molar-refractivity contribution is -0.154. The van der Waals surface area contributed by atoms with Crippen LogP contribution in [0.5, 0.6) is 5.75 Å². The van der Waals surface area contributed by atoms with Gasteiger partial charge in [-0.25, -0.2) is 0 Å². The number of halogens is 1. The maximum Gasteiger partial charge on any atom is 0.254 e. The Morgan fingerprint density at radius 3 is 2.18 bits per heavy atom. The first-order chi connectivity index (χ1) is 15.8. The maximum absolute atomic E-state index is 12.7. The third-order valence-corrected chi connectivity index (χ3v) is 6.44. The molecule has 2 aromatic rings. The normalized spacial score (nSPS) is 17.0. The van der Waals surface area contributed by atoms with Crippen LogP contribution in [0, 0.1) is 0 Å². The molecule has 0 spiro atoms. The van der Waals surface area contributed by atoms with Gasteiger partial charge in [0, 0.05) is 19.6 Å². The van der Waals surface area contributed by atoms with Gasteiger partial charge in [0.15, 0.2) is 12.2 Å². The van der Waals surface area contributed by atoms with E-state index in [4.69, 9.17) is 16.3 Å². The summed E-state index contributed by atoms with van der Waals surface area (Å²) < 4.78 is 5.07. The molecule has 2 aromatic carbocycles. The topological polar surface area (TPSA) is 116 Å². The molecule has 176 valence electrons. The Kier molecular flexibility index (Phi) is 8.07. The minimum atomic E-state index is -1.92. The number of carbonyl (C=O) groups is 3. The molecule has 8 nitrogen and oxygen atoms in total. The van der Waals surface area contributed by atoms with Crippen molar-refractivity contribution in [2.75, 3.05) is 20.2 Å². The highest BCUT2D eigenvalue weighted by atomic mass is 35.5. The molecule has 0 aromatic heterocycles. The van der Waals surface area contributed by atoms with Gasteiger partial charge in [-0.3, -0.25) is 14.4 Å². The molecule has 33 heavy (non-hydrogen) atoms. The quantitative estimate of drug-likeness (QED) is 0.497. The fraction of sp³-hybridized carbons (Fsp3) is 0.375. The van der Waals surface area contributed by atoms with Gasteiger partial charge in [0.25, 0.3) is 11.8 Å². The van der Waals surface area contributed by atoms with Gasteiger partial charge in [0.1, 0.15) is 5.75 Å². The number of rotatable bonds is 8. The summed E-state index contributed by atoms with van der Waals surface area (Å²) in [4.78, 5) is 38.6. The molecule has 3 N–H and O–H groups in total. The number of benzene rings is 2. The SMILES string of the molecule is COc1ccc(CNC(=O)C(O)[C@@H](O)C(=O)N2CCC(C(=O)Cl)(c3ccccc3)CC2)cc1. The molecule has 1 fully saturated rings. The lowest BCUT2D eigenvalue weighted by Gasteiger charge is -2.40. The van der Waals surface area contributed by atoms with Crippen molar-refractivity contribution in [3.63, 3.8) is 0 Å². The predicted molar refractivity (Wildman–Crippen MR) is 122 cm³/mol. The molecule has 2 atom stereocenters. The van der Waals surface area contributed by atoms with E-state index in [9.17, 15) is 24.6 Å². The zero-order valence-electron chi connectivity index (χ0n) is 18.2. The summed E-state index contributed by atoms with van der Waals surface area (Å²) in [5.41, 5.74) is 0.616. The first-order valence-electron chi connectivity index (χ1n) is 10.6. The highest BCUT2D eigenvalue weighted by Crippen LogP contribution is 2.37. The van der Waals surface area contributed by atoms with Crippen LogP contribution in [0.2, 0.25) is 0 Å². The van der Waals surface area contributed by atoms with Gasteiger partial charge in [-0.1, -0.05) is 42.5 Å². The number of nitrogens with zero attached hydrogens (tertiary/aromatic N) is 1. The van der Waals surface area contributed by atoms with Crippen LogP contribution in [0.3, 0.4) is 0 Å². The third kappa shape index (κ3) is 5.52. The summed E-state index contributed by atoms with van der Waals surface area (Å²) in [5, 5.41) is 22.5. The molecule has 1 aliphatic rings. The van der Waals surface area contributed by atoms with E-state index < -0.39 is 34.7 Å². The molecule has 0 radical (unpaired) electrons. The monoisotopic (exact) mass is 474 g/mol. The summed E-state index contributed by atoms with van der Waals surface area (Å²) in [6, 6.07) is 16.1. The Morgan fingerprint density at radius 2 is 1.64 bits per heavy atom. The van der Waals surface area contributed by atoms with E-state index in [-0.39, 0.29) is 32.5 Å². The van der Waals surface area contributed by atoms with Crippen LogP contribution in [0.25, 0.3) is 0 Å². The number of likely N-dealkylation sites (tertiary alicyclic amines) is 1. The van der Waals surface area contributed by atoms with E-state index >= 15 is 0 Å². The zero-order valence-corrected chi connectivity index (χ0v) is 19.0. The van der Waals surface area contributed by atoms with Crippen molar-refractivity contribution in [2.45, 2.75) is 37.0 Å². The number of carbonyl (C=O) groups excluding carboxylic acids is 3. The predicted octanol–water partition coefficient (Wildman–Crippen LogP) is 1.36. The molecular formula is C24H27ClN2O6. The van der Waals surface area contributed by atoms with Crippen LogP contribution in [-0.2, 0) is 26.3 Å². The molecule has 0 aliphatic carbocycles. The van der Waals surface area contributed by atoms with Gasteiger partial charge in [0.2, 0.25) is 5.24 Å². The summed E-state index contributed by atoms with van der Waals surface area (Å²) in [5.74, 6) is -0.969. The largest absolute Gasteiger partial charge is 0.497 e. The second-order valence-electron chi connectivity index (χ2n) is 8.00. The molecule has 0 saturated carbocycles. The number of methoxy groups -OCH3 is 1. The van der Waals surface area contributed by atoms with Crippen LogP contribution in [0.1, 0.15) is 24.0 Å². The van der Waals surface area contributed by atoms with Crippen molar-refractivity contribution in [3.8, 4) is 5.75 Å². The number of aliphatic hydroxyl groups is 2. The fourth-order valence-electron chi connectivity index (χ4n) is 3.97. The van der Waals surface area contributed by atoms with Crippen LogP contribution >= 0.6 is 11.6 Å².